The second-order valence-electron chi connectivity index (χ2n) is 5.45. The summed E-state index contributed by atoms with van der Waals surface area (Å²) in [6.07, 6.45) is 3.74. The van der Waals surface area contributed by atoms with Crippen molar-refractivity contribution >= 4 is 24.0 Å². The first-order chi connectivity index (χ1) is 8.59. The van der Waals surface area contributed by atoms with Crippen LogP contribution in [0.4, 0.5) is 4.39 Å². The summed E-state index contributed by atoms with van der Waals surface area (Å²) in [6.45, 7) is 5.10. The van der Waals surface area contributed by atoms with Gasteiger partial charge in [0.25, 0.3) is 0 Å². The Morgan fingerprint density at radius 3 is 2.74 bits per heavy atom. The van der Waals surface area contributed by atoms with Gasteiger partial charge in [0.2, 0.25) is 0 Å². The predicted octanol–water partition coefficient (Wildman–Crippen LogP) is 4.82. The zero-order valence-corrected chi connectivity index (χ0v) is 13.0. The average molecular weight is 306 g/mol. The summed E-state index contributed by atoms with van der Waals surface area (Å²) in [5.41, 5.74) is 0.588. The minimum Gasteiger partial charge on any atom is -0.309 e. The molecule has 1 fully saturated rings. The smallest absolute Gasteiger partial charge is 0.129 e. The van der Waals surface area contributed by atoms with E-state index in [9.17, 15) is 4.39 Å². The van der Waals surface area contributed by atoms with Gasteiger partial charge in [-0.15, -0.1) is 12.4 Å². The van der Waals surface area contributed by atoms with Crippen molar-refractivity contribution in [3.63, 3.8) is 0 Å². The normalized spacial score (nSPS) is 26.8. The molecule has 0 radical (unpaired) electrons. The number of hydrogen-bond acceptors (Lipinski definition) is 1. The van der Waals surface area contributed by atoms with Gasteiger partial charge < -0.3 is 5.32 Å². The molecule has 0 aromatic heterocycles. The molecule has 19 heavy (non-hydrogen) atoms. The van der Waals surface area contributed by atoms with Crippen LogP contribution in [-0.4, -0.2) is 6.04 Å². The van der Waals surface area contributed by atoms with Gasteiger partial charge in [0.05, 0.1) is 0 Å². The molecule has 108 valence electrons. The van der Waals surface area contributed by atoms with Crippen molar-refractivity contribution in [1.29, 1.82) is 0 Å². The molecule has 1 aliphatic carbocycles. The third-order valence-electron chi connectivity index (χ3n) is 4.31. The van der Waals surface area contributed by atoms with E-state index in [1.165, 1.54) is 25.3 Å². The van der Waals surface area contributed by atoms with Crippen LogP contribution < -0.4 is 5.32 Å². The molecule has 2 rings (SSSR count). The van der Waals surface area contributed by atoms with Gasteiger partial charge in [-0.25, -0.2) is 4.39 Å². The van der Waals surface area contributed by atoms with Gasteiger partial charge in [0.15, 0.2) is 0 Å². The van der Waals surface area contributed by atoms with Gasteiger partial charge in [-0.3, -0.25) is 0 Å². The van der Waals surface area contributed by atoms with Gasteiger partial charge in [-0.2, -0.15) is 0 Å². The first kappa shape index (κ1) is 16.7. The third-order valence-corrected chi connectivity index (χ3v) is 4.66. The maximum Gasteiger partial charge on any atom is 0.129 e. The molecule has 0 amide bonds. The van der Waals surface area contributed by atoms with Crippen LogP contribution in [-0.2, 0) is 6.54 Å². The Hall–Kier alpha value is -0.310. The molecule has 0 spiro atoms. The van der Waals surface area contributed by atoms with E-state index in [-0.39, 0.29) is 18.2 Å². The molecule has 0 heterocycles. The fourth-order valence-electron chi connectivity index (χ4n) is 2.80. The molecule has 1 aliphatic rings. The van der Waals surface area contributed by atoms with Crippen LogP contribution >= 0.6 is 24.0 Å². The van der Waals surface area contributed by atoms with Crippen LogP contribution in [0.1, 0.15) is 38.7 Å². The zero-order chi connectivity index (χ0) is 13.1. The number of rotatable bonds is 3. The second kappa shape index (κ2) is 7.47. The van der Waals surface area contributed by atoms with Crippen LogP contribution in [0.25, 0.3) is 0 Å². The van der Waals surface area contributed by atoms with Gasteiger partial charge >= 0.3 is 0 Å². The zero-order valence-electron chi connectivity index (χ0n) is 11.5. The molecule has 1 saturated carbocycles. The maximum absolute atomic E-state index is 13.7. The van der Waals surface area contributed by atoms with Gasteiger partial charge in [0, 0.05) is 23.2 Å². The molecule has 4 heteroatoms. The molecule has 1 N–H and O–H groups in total. The second-order valence-corrected chi connectivity index (χ2v) is 5.86. The largest absolute Gasteiger partial charge is 0.309 e. The lowest BCUT2D eigenvalue weighted by molar-refractivity contribution is 0.205. The molecule has 0 saturated heterocycles. The molecular weight excluding hydrogens is 284 g/mol. The van der Waals surface area contributed by atoms with Crippen molar-refractivity contribution in [2.45, 2.75) is 45.7 Å². The Balaban J connectivity index is 0.00000180. The molecular formula is C15H22Cl2FN. The minimum absolute atomic E-state index is 0. The summed E-state index contributed by atoms with van der Waals surface area (Å²) in [7, 11) is 0. The number of nitrogens with one attached hydrogen (secondary N) is 1. The highest BCUT2D eigenvalue weighted by Gasteiger charge is 2.26. The Morgan fingerprint density at radius 1 is 1.32 bits per heavy atom. The van der Waals surface area contributed by atoms with Crippen LogP contribution in [0.5, 0.6) is 0 Å². The number of benzene rings is 1. The van der Waals surface area contributed by atoms with E-state index < -0.39 is 0 Å². The van der Waals surface area contributed by atoms with E-state index in [1.807, 2.05) is 0 Å². The molecule has 1 nitrogen and oxygen atoms in total. The van der Waals surface area contributed by atoms with E-state index in [1.54, 1.807) is 12.1 Å². The van der Waals surface area contributed by atoms with Crippen molar-refractivity contribution in [2.24, 2.45) is 11.8 Å². The molecule has 3 atom stereocenters. The van der Waals surface area contributed by atoms with Crippen molar-refractivity contribution in [3.8, 4) is 0 Å². The summed E-state index contributed by atoms with van der Waals surface area (Å²) in [4.78, 5) is 0. The van der Waals surface area contributed by atoms with Gasteiger partial charge in [-0.1, -0.05) is 44.4 Å². The van der Waals surface area contributed by atoms with Gasteiger partial charge in [-0.05, 0) is 30.4 Å². The quantitative estimate of drug-likeness (QED) is 0.844. The highest BCUT2D eigenvalue weighted by atomic mass is 35.5. The van der Waals surface area contributed by atoms with E-state index >= 15 is 0 Å². The first-order valence-corrected chi connectivity index (χ1v) is 7.13. The van der Waals surface area contributed by atoms with E-state index in [0.717, 1.165) is 5.92 Å². The first-order valence-electron chi connectivity index (χ1n) is 6.76. The molecule has 1 aromatic rings. The maximum atomic E-state index is 13.7. The van der Waals surface area contributed by atoms with Crippen LogP contribution in [0.15, 0.2) is 18.2 Å². The lowest BCUT2D eigenvalue weighted by atomic mass is 9.78. The van der Waals surface area contributed by atoms with Crippen molar-refractivity contribution in [2.75, 3.05) is 0 Å². The van der Waals surface area contributed by atoms with Crippen molar-refractivity contribution in [3.05, 3.63) is 34.6 Å². The van der Waals surface area contributed by atoms with Crippen LogP contribution in [0.2, 0.25) is 5.02 Å². The Morgan fingerprint density at radius 2 is 2.05 bits per heavy atom. The molecule has 0 bridgehead atoms. The van der Waals surface area contributed by atoms with Gasteiger partial charge in [0.1, 0.15) is 5.82 Å². The summed E-state index contributed by atoms with van der Waals surface area (Å²) < 4.78 is 13.7. The summed E-state index contributed by atoms with van der Waals surface area (Å²) in [5.74, 6) is 1.17. The fraction of sp³-hybridized carbons (Fsp3) is 0.600. The molecule has 0 aliphatic heterocycles. The SMILES string of the molecule is CC1CCCC(NCc2c(F)cccc2Cl)C1C.Cl. The highest BCUT2D eigenvalue weighted by Crippen LogP contribution is 2.30. The highest BCUT2D eigenvalue weighted by molar-refractivity contribution is 6.31. The van der Waals surface area contributed by atoms with Crippen LogP contribution in [0.3, 0.4) is 0 Å². The third kappa shape index (κ3) is 4.08. The monoisotopic (exact) mass is 305 g/mol. The van der Waals surface area contributed by atoms with E-state index in [0.29, 0.717) is 29.1 Å². The lowest BCUT2D eigenvalue weighted by Gasteiger charge is -2.34. The van der Waals surface area contributed by atoms with Crippen LogP contribution in [0, 0.1) is 17.7 Å². The Labute approximate surface area is 126 Å². The number of hydrogen-bond donors (Lipinski definition) is 1. The van der Waals surface area contributed by atoms with Crippen molar-refractivity contribution in [1.82, 2.24) is 5.32 Å². The topological polar surface area (TPSA) is 12.0 Å². The summed E-state index contributed by atoms with van der Waals surface area (Å²) in [5, 5.41) is 3.99. The summed E-state index contributed by atoms with van der Waals surface area (Å²) in [6, 6.07) is 5.33. The lowest BCUT2D eigenvalue weighted by Crippen LogP contribution is -2.40. The molecule has 3 unspecified atom stereocenters. The number of halogens is 3. The Kier molecular flexibility index (Phi) is 6.58. The summed E-state index contributed by atoms with van der Waals surface area (Å²) >= 11 is 6.03. The standard InChI is InChI=1S/C15H21ClFN.ClH/c1-10-5-3-8-15(11(10)2)18-9-12-13(16)6-4-7-14(12)17;/h4,6-7,10-11,15,18H,3,5,8-9H2,1-2H3;1H. The van der Waals surface area contributed by atoms with E-state index in [2.05, 4.69) is 19.2 Å². The van der Waals surface area contributed by atoms with E-state index in [4.69, 9.17) is 11.6 Å². The van der Waals surface area contributed by atoms with Crippen molar-refractivity contribution < 1.29 is 4.39 Å². The Bertz CT molecular complexity index is 391. The fourth-order valence-corrected chi connectivity index (χ4v) is 3.03. The molecule has 1 aromatic carbocycles. The minimum atomic E-state index is -0.216. The predicted molar refractivity (Wildman–Crippen MR) is 81.5 cm³/mol. The average Bonchev–Trinajstić information content (AvgIpc) is 2.33.